The molecule has 0 unspecified atom stereocenters. The van der Waals surface area contributed by atoms with Crippen LogP contribution in [-0.2, 0) is 0 Å². The predicted molar refractivity (Wildman–Crippen MR) is 149 cm³/mol. The van der Waals surface area contributed by atoms with Crippen LogP contribution >= 0.6 is 0 Å². The molecule has 1 aliphatic carbocycles. The standard InChI is InChI=1S/C30H26F3N5O4/c1-35-27(40)23-21-14-19(18-9-10-22(41-3)20(13-18)26(39)37-29(15-34)11-12-29)25(38(2)16-30(31,32)33)36-28(21)42-24(23)17-7-5-4-6-8-17/h4-10,13-14H,11-12,16H2,1-3H3,(H,35,40)(H,37,39). The van der Waals surface area contributed by atoms with Gasteiger partial charge in [-0.25, -0.2) is 0 Å². The van der Waals surface area contributed by atoms with Crippen molar-refractivity contribution in [2.24, 2.45) is 0 Å². The van der Waals surface area contributed by atoms with E-state index in [1.54, 1.807) is 36.4 Å². The van der Waals surface area contributed by atoms with Gasteiger partial charge in [0.2, 0.25) is 5.71 Å². The van der Waals surface area contributed by atoms with Gasteiger partial charge in [0.25, 0.3) is 11.8 Å². The van der Waals surface area contributed by atoms with Gasteiger partial charge in [-0.15, -0.1) is 0 Å². The number of carbonyl (C=O) groups is 2. The third-order valence-electron chi connectivity index (χ3n) is 7.00. The van der Waals surface area contributed by atoms with E-state index in [9.17, 15) is 28.0 Å². The SMILES string of the molecule is CNC(=O)c1c(-c2ccccc2)oc2nc(N(C)CC(F)(F)F)c(-c3ccc(OC)c(C(=O)NC4(C#N)CC4)c3)cc12. The van der Waals surface area contributed by atoms with Crippen LogP contribution < -0.4 is 20.3 Å². The number of furan rings is 1. The quantitative estimate of drug-likeness (QED) is 0.291. The van der Waals surface area contributed by atoms with E-state index in [1.165, 1.54) is 39.4 Å². The molecule has 216 valence electrons. The molecule has 12 heteroatoms. The van der Waals surface area contributed by atoms with E-state index in [1.807, 2.05) is 0 Å². The molecule has 2 aromatic carbocycles. The minimum Gasteiger partial charge on any atom is -0.496 e. The molecule has 1 fully saturated rings. The first-order chi connectivity index (χ1) is 20.0. The lowest BCUT2D eigenvalue weighted by atomic mass is 9.99. The lowest BCUT2D eigenvalue weighted by molar-refractivity contribution is -0.119. The topological polar surface area (TPSA) is 120 Å². The molecule has 4 aromatic rings. The van der Waals surface area contributed by atoms with Gasteiger partial charge in [-0.2, -0.15) is 23.4 Å². The normalized spacial score (nSPS) is 13.7. The van der Waals surface area contributed by atoms with Gasteiger partial charge in [0.05, 0.1) is 29.7 Å². The number of benzene rings is 2. The van der Waals surface area contributed by atoms with Crippen LogP contribution in [0.4, 0.5) is 19.0 Å². The molecule has 1 aliphatic rings. The van der Waals surface area contributed by atoms with E-state index in [0.717, 1.165) is 4.90 Å². The lowest BCUT2D eigenvalue weighted by Gasteiger charge is -2.23. The van der Waals surface area contributed by atoms with Gasteiger partial charge in [-0.05, 0) is 36.6 Å². The Morgan fingerprint density at radius 1 is 1.12 bits per heavy atom. The molecule has 2 N–H and O–H groups in total. The minimum absolute atomic E-state index is 0.0311. The zero-order chi connectivity index (χ0) is 30.2. The highest BCUT2D eigenvalue weighted by Crippen LogP contribution is 2.41. The maximum Gasteiger partial charge on any atom is 0.405 e. The third kappa shape index (κ3) is 5.45. The molecule has 0 atom stereocenters. The van der Waals surface area contributed by atoms with Crippen molar-refractivity contribution in [2.75, 3.05) is 32.6 Å². The highest BCUT2D eigenvalue weighted by molar-refractivity contribution is 6.12. The van der Waals surface area contributed by atoms with Gasteiger partial charge in [0.1, 0.15) is 29.4 Å². The van der Waals surface area contributed by atoms with Gasteiger partial charge >= 0.3 is 6.18 Å². The summed E-state index contributed by atoms with van der Waals surface area (Å²) >= 11 is 0. The summed E-state index contributed by atoms with van der Waals surface area (Å²) in [5, 5.41) is 15.0. The fourth-order valence-electron chi connectivity index (χ4n) is 4.73. The summed E-state index contributed by atoms with van der Waals surface area (Å²) in [6.07, 6.45) is -3.53. The Balaban J connectivity index is 1.74. The molecule has 2 amide bonds. The highest BCUT2D eigenvalue weighted by atomic mass is 19.4. The van der Waals surface area contributed by atoms with Crippen LogP contribution in [0.25, 0.3) is 33.6 Å². The van der Waals surface area contributed by atoms with E-state index in [0.29, 0.717) is 24.0 Å². The van der Waals surface area contributed by atoms with Crippen molar-refractivity contribution in [3.8, 4) is 34.3 Å². The van der Waals surface area contributed by atoms with Crippen LogP contribution in [0.2, 0.25) is 0 Å². The molecule has 5 rings (SSSR count). The fourth-order valence-corrected chi connectivity index (χ4v) is 4.73. The van der Waals surface area contributed by atoms with Crippen molar-refractivity contribution in [3.05, 3.63) is 65.7 Å². The Labute approximate surface area is 238 Å². The second-order valence-electron chi connectivity index (χ2n) is 10.00. The first-order valence-corrected chi connectivity index (χ1v) is 12.9. The van der Waals surface area contributed by atoms with Crippen molar-refractivity contribution < 1.29 is 31.9 Å². The summed E-state index contributed by atoms with van der Waals surface area (Å²) in [4.78, 5) is 31.7. The fraction of sp³-hybridized carbons (Fsp3) is 0.267. The molecule has 0 radical (unpaired) electrons. The number of aromatic nitrogens is 1. The van der Waals surface area contributed by atoms with Crippen LogP contribution in [-0.4, -0.2) is 56.3 Å². The van der Waals surface area contributed by atoms with Crippen molar-refractivity contribution >= 4 is 28.7 Å². The zero-order valence-electron chi connectivity index (χ0n) is 22.9. The number of pyridine rings is 1. The molecule has 0 aliphatic heterocycles. The van der Waals surface area contributed by atoms with Crippen LogP contribution in [0.1, 0.15) is 33.6 Å². The number of nitriles is 1. The summed E-state index contributed by atoms with van der Waals surface area (Å²) < 4.78 is 51.9. The van der Waals surface area contributed by atoms with Crippen LogP contribution in [0.3, 0.4) is 0 Å². The Morgan fingerprint density at radius 3 is 2.43 bits per heavy atom. The molecular formula is C30H26F3N5O4. The number of methoxy groups -OCH3 is 1. The zero-order valence-corrected chi connectivity index (χ0v) is 22.9. The molecule has 0 saturated heterocycles. The number of ether oxygens (including phenoxy) is 1. The number of anilines is 1. The minimum atomic E-state index is -4.55. The molecule has 0 spiro atoms. The smallest absolute Gasteiger partial charge is 0.405 e. The summed E-state index contributed by atoms with van der Waals surface area (Å²) in [5.41, 5.74) is 0.402. The molecule has 0 bridgehead atoms. The second-order valence-corrected chi connectivity index (χ2v) is 10.00. The van der Waals surface area contributed by atoms with Gasteiger partial charge in [0, 0.05) is 25.2 Å². The number of rotatable bonds is 8. The number of hydrogen-bond donors (Lipinski definition) is 2. The molecule has 2 heterocycles. The molecule has 2 aromatic heterocycles. The van der Waals surface area contributed by atoms with E-state index >= 15 is 0 Å². The Hall–Kier alpha value is -5.05. The number of nitrogens with zero attached hydrogens (tertiary/aromatic N) is 3. The summed E-state index contributed by atoms with van der Waals surface area (Å²) in [7, 11) is 4.08. The second kappa shape index (κ2) is 10.7. The summed E-state index contributed by atoms with van der Waals surface area (Å²) in [5.74, 6) is -0.695. The number of carbonyl (C=O) groups excluding carboxylic acids is 2. The van der Waals surface area contributed by atoms with Crippen LogP contribution in [0, 0.1) is 11.3 Å². The van der Waals surface area contributed by atoms with Crippen molar-refractivity contribution in [2.45, 2.75) is 24.6 Å². The molecular weight excluding hydrogens is 551 g/mol. The summed E-state index contributed by atoms with van der Waals surface area (Å²) in [6.45, 7) is -1.32. The Morgan fingerprint density at radius 2 is 1.83 bits per heavy atom. The van der Waals surface area contributed by atoms with Crippen LogP contribution in [0.15, 0.2) is 59.0 Å². The van der Waals surface area contributed by atoms with Crippen molar-refractivity contribution in [1.29, 1.82) is 5.26 Å². The molecule has 9 nitrogen and oxygen atoms in total. The number of alkyl halides is 3. The van der Waals surface area contributed by atoms with E-state index in [2.05, 4.69) is 21.7 Å². The number of halogens is 3. The van der Waals surface area contributed by atoms with Gasteiger partial charge in [-0.3, -0.25) is 9.59 Å². The largest absolute Gasteiger partial charge is 0.496 e. The molecule has 1 saturated carbocycles. The van der Waals surface area contributed by atoms with E-state index in [-0.39, 0.29) is 45.1 Å². The average molecular weight is 578 g/mol. The van der Waals surface area contributed by atoms with Gasteiger partial charge in [0.15, 0.2) is 0 Å². The van der Waals surface area contributed by atoms with Crippen LogP contribution in [0.5, 0.6) is 5.75 Å². The first kappa shape index (κ1) is 28.5. The monoisotopic (exact) mass is 577 g/mol. The highest BCUT2D eigenvalue weighted by Gasteiger charge is 2.45. The lowest BCUT2D eigenvalue weighted by Crippen LogP contribution is -2.35. The Kier molecular flexibility index (Phi) is 7.28. The average Bonchev–Trinajstić information content (AvgIpc) is 3.65. The predicted octanol–water partition coefficient (Wildman–Crippen LogP) is 5.31. The number of nitrogens with one attached hydrogen (secondary N) is 2. The number of fused-ring (bicyclic) bond motifs is 1. The van der Waals surface area contributed by atoms with Gasteiger partial charge < -0.3 is 24.7 Å². The van der Waals surface area contributed by atoms with Crippen molar-refractivity contribution in [1.82, 2.24) is 15.6 Å². The maximum absolute atomic E-state index is 13.5. The van der Waals surface area contributed by atoms with Gasteiger partial charge in [-0.1, -0.05) is 36.4 Å². The summed E-state index contributed by atoms with van der Waals surface area (Å²) in [6, 6.07) is 17.0. The van der Waals surface area contributed by atoms with Crippen molar-refractivity contribution in [3.63, 3.8) is 0 Å². The number of amides is 2. The first-order valence-electron chi connectivity index (χ1n) is 12.9. The van der Waals surface area contributed by atoms with E-state index in [4.69, 9.17) is 9.15 Å². The maximum atomic E-state index is 13.5. The molecule has 42 heavy (non-hydrogen) atoms. The Bertz CT molecular complexity index is 1720. The number of hydrogen-bond acceptors (Lipinski definition) is 7. The van der Waals surface area contributed by atoms with E-state index < -0.39 is 30.1 Å². The third-order valence-corrected chi connectivity index (χ3v) is 7.00.